The van der Waals surface area contributed by atoms with Crippen LogP contribution in [0.2, 0.25) is 0 Å². The van der Waals surface area contributed by atoms with E-state index >= 15 is 0 Å². The molecule has 0 saturated heterocycles. The third kappa shape index (κ3) is 69.0. The molecule has 0 aromatic carbocycles. The molecule has 0 aromatic heterocycles. The smallest absolute Gasteiger partial charge is 0.542 e. The molecule has 0 aliphatic carbocycles. The van der Waals surface area contributed by atoms with E-state index in [1.54, 1.807) is 0 Å². The van der Waals surface area contributed by atoms with Gasteiger partial charge in [-0.25, -0.2) is 0 Å². The number of hydrogen-bond donors (Lipinski definition) is 2. The molecule has 41 heavy (non-hydrogen) atoms. The molecule has 7 heteroatoms. The summed E-state index contributed by atoms with van der Waals surface area (Å²) in [5.74, 6) is 0. The molecular formula is C34H71NaO5S. The molecule has 0 spiro atoms. The molecule has 0 heterocycles. The quantitative estimate of drug-likeness (QED) is 0.0379. The first-order chi connectivity index (χ1) is 19.3. The predicted octanol–water partition coefficient (Wildman–Crippen LogP) is 9.20. The van der Waals surface area contributed by atoms with Crippen LogP contribution >= 0.6 is 0 Å². The summed E-state index contributed by atoms with van der Waals surface area (Å²) in [6.45, 7) is 6.86. The van der Waals surface area contributed by atoms with Gasteiger partial charge >= 0.3 is 40.0 Å². The average Bonchev–Trinajstić information content (AvgIpc) is 2.91. The van der Waals surface area contributed by atoms with Crippen LogP contribution in [0.1, 0.15) is 213 Å². The molecule has 2 N–H and O–H groups in total. The van der Waals surface area contributed by atoms with Gasteiger partial charge in [-0.15, -0.1) is 0 Å². The van der Waals surface area contributed by atoms with E-state index in [-0.39, 0.29) is 29.6 Å². The second kappa shape index (κ2) is 45.0. The van der Waals surface area contributed by atoms with Gasteiger partial charge in [0.1, 0.15) is 0 Å². The van der Waals surface area contributed by atoms with Gasteiger partial charge < -0.3 is 4.79 Å². The molecule has 5 nitrogen and oxygen atoms in total. The van der Waals surface area contributed by atoms with Gasteiger partial charge in [-0.3, -0.25) is 15.4 Å². The van der Waals surface area contributed by atoms with Gasteiger partial charge in [-0.2, -0.15) is 14.8 Å². The van der Waals surface area contributed by atoms with Gasteiger partial charge in [0, 0.05) is 0 Å². The summed E-state index contributed by atoms with van der Waals surface area (Å²) in [6, 6.07) is 0. The van der Waals surface area contributed by atoms with Crippen molar-refractivity contribution in [1.82, 2.24) is 0 Å². The molecule has 0 fully saturated rings. The summed E-state index contributed by atoms with van der Waals surface area (Å²) < 4.78 is 31.6. The van der Waals surface area contributed by atoms with E-state index in [0.29, 0.717) is 6.42 Å². The molecule has 0 aliphatic heterocycles. The summed E-state index contributed by atoms with van der Waals surface area (Å²) in [6.07, 6.45) is 43.6. The largest absolute Gasteiger partial charge is 1.00 e. The second-order valence-electron chi connectivity index (χ2n) is 11.5. The molecule has 0 aliphatic rings. The van der Waals surface area contributed by atoms with Crippen LogP contribution in [0, 0.1) is 0 Å². The van der Waals surface area contributed by atoms with Crippen LogP contribution in [-0.4, -0.2) is 23.8 Å². The number of carbonyl (C=O) groups excluding carboxylic acids is 1. The molecule has 0 atom stereocenters. The summed E-state index contributed by atoms with van der Waals surface area (Å²) in [4.78, 5) is 10.0. The van der Waals surface area contributed by atoms with Gasteiger partial charge in [0.15, 0.2) is 0 Å². The second-order valence-corrected chi connectivity index (χ2v) is 12.4. The van der Waals surface area contributed by atoms with Crippen LogP contribution in [0.15, 0.2) is 0 Å². The third-order valence-electron chi connectivity index (χ3n) is 7.34. The molecule has 0 amide bonds. The first-order valence-electron chi connectivity index (χ1n) is 17.4. The zero-order valence-electron chi connectivity index (χ0n) is 28.2. The van der Waals surface area contributed by atoms with E-state index in [4.69, 9.17) is 17.5 Å². The summed E-state index contributed by atoms with van der Waals surface area (Å²) in [7, 11) is -4.67. The first kappa shape index (κ1) is 48.4. The number of unbranched alkanes of at least 4 members (excludes halogenated alkanes) is 28. The van der Waals surface area contributed by atoms with Crippen LogP contribution in [0.3, 0.4) is 0 Å². The molecule has 0 unspecified atom stereocenters. The maximum Gasteiger partial charge on any atom is 1.00 e. The topological polar surface area (TPSA) is 91.7 Å². The molecular weight excluding hydrogens is 543 g/mol. The SMILES string of the molecule is CCCCCCCCCCCCCCCC.CCCCCCCCCCCCCCCCC[C-]=O.O=S(=O)(O)O.[Na+]. The van der Waals surface area contributed by atoms with E-state index in [1.807, 2.05) is 6.29 Å². The fraction of sp³-hybridized carbons (Fsp3) is 0.971. The fourth-order valence-corrected chi connectivity index (χ4v) is 4.84. The van der Waals surface area contributed by atoms with Gasteiger partial charge in [0.25, 0.3) is 0 Å². The van der Waals surface area contributed by atoms with E-state index in [9.17, 15) is 4.79 Å². The minimum absolute atomic E-state index is 0. The zero-order chi connectivity index (χ0) is 30.4. The molecule has 0 bridgehead atoms. The summed E-state index contributed by atoms with van der Waals surface area (Å²) in [5, 5.41) is 0. The van der Waals surface area contributed by atoms with Crippen LogP contribution in [0.4, 0.5) is 0 Å². The van der Waals surface area contributed by atoms with Gasteiger partial charge in [-0.05, 0) is 0 Å². The van der Waals surface area contributed by atoms with Crippen molar-refractivity contribution in [3.8, 4) is 0 Å². The van der Waals surface area contributed by atoms with Crippen molar-refractivity contribution in [2.24, 2.45) is 0 Å². The Bertz CT molecular complexity index is 521. The van der Waals surface area contributed by atoms with Gasteiger partial charge in [0.05, 0.1) is 0 Å². The minimum Gasteiger partial charge on any atom is -0.542 e. The van der Waals surface area contributed by atoms with Crippen LogP contribution < -0.4 is 29.6 Å². The first-order valence-corrected chi connectivity index (χ1v) is 18.8. The average molecular weight is 615 g/mol. The predicted molar refractivity (Wildman–Crippen MR) is 175 cm³/mol. The Balaban J connectivity index is -0.000000283. The van der Waals surface area contributed by atoms with Crippen molar-refractivity contribution >= 4 is 16.7 Å². The van der Waals surface area contributed by atoms with Gasteiger partial charge in [0.2, 0.25) is 0 Å². The Morgan fingerprint density at radius 1 is 0.390 bits per heavy atom. The Kier molecular flexibility index (Phi) is 53.1. The Morgan fingerprint density at radius 3 is 0.683 bits per heavy atom. The van der Waals surface area contributed by atoms with E-state index in [2.05, 4.69) is 20.8 Å². The van der Waals surface area contributed by atoms with E-state index in [1.165, 1.54) is 180 Å². The normalized spacial score (nSPS) is 10.7. The van der Waals surface area contributed by atoms with Crippen LogP contribution in [0.25, 0.3) is 0 Å². The minimum atomic E-state index is -4.67. The molecule has 244 valence electrons. The summed E-state index contributed by atoms with van der Waals surface area (Å²) >= 11 is 0. The van der Waals surface area contributed by atoms with Crippen molar-refractivity contribution in [3.63, 3.8) is 0 Å². The Morgan fingerprint density at radius 2 is 0.537 bits per heavy atom. The molecule has 0 radical (unpaired) electrons. The van der Waals surface area contributed by atoms with Crippen LogP contribution in [-0.2, 0) is 15.2 Å². The molecule has 0 rings (SSSR count). The van der Waals surface area contributed by atoms with Crippen molar-refractivity contribution in [3.05, 3.63) is 0 Å². The zero-order valence-corrected chi connectivity index (χ0v) is 31.1. The van der Waals surface area contributed by atoms with Gasteiger partial charge in [-0.1, -0.05) is 207 Å². The Labute approximate surface area is 280 Å². The maximum atomic E-state index is 10.0. The third-order valence-corrected chi connectivity index (χ3v) is 7.34. The van der Waals surface area contributed by atoms with E-state index < -0.39 is 10.4 Å². The van der Waals surface area contributed by atoms with Crippen molar-refractivity contribution in [1.29, 1.82) is 0 Å². The van der Waals surface area contributed by atoms with Crippen molar-refractivity contribution in [2.45, 2.75) is 213 Å². The van der Waals surface area contributed by atoms with Crippen molar-refractivity contribution < 1.29 is 51.9 Å². The Hall–Kier alpha value is 0.540. The van der Waals surface area contributed by atoms with Crippen molar-refractivity contribution in [2.75, 3.05) is 0 Å². The number of rotatable bonds is 29. The fourth-order valence-electron chi connectivity index (χ4n) is 4.84. The maximum absolute atomic E-state index is 10.0. The van der Waals surface area contributed by atoms with Crippen LogP contribution in [0.5, 0.6) is 0 Å². The number of hydrogen-bond acceptors (Lipinski definition) is 3. The molecule has 0 saturated carbocycles. The summed E-state index contributed by atoms with van der Waals surface area (Å²) in [5.41, 5.74) is 0. The molecule has 0 aromatic rings. The monoisotopic (exact) mass is 614 g/mol. The standard InChI is InChI=1S/C18H35O.C16H34.Na.H2O4S/c1-2-3-4-5-6-7-8-9-10-11-12-13-14-15-16-17-18-19;1-3-5-7-9-11-13-15-16-14-12-10-8-6-4-2;;1-5(2,3)4/h2-17H2,1H3;3-16H2,1-2H3;;(H2,1,2,3,4)/q-1;;+1;. The van der Waals surface area contributed by atoms with E-state index in [0.717, 1.165) is 6.42 Å².